The molecule has 4 aromatic rings. The molecule has 0 saturated carbocycles. The van der Waals surface area contributed by atoms with E-state index in [0.717, 1.165) is 37.3 Å². The molecule has 0 unspecified atom stereocenters. The van der Waals surface area contributed by atoms with Gasteiger partial charge in [-0.25, -0.2) is 0 Å². The van der Waals surface area contributed by atoms with Crippen LogP contribution in [-0.2, 0) is 13.1 Å². The van der Waals surface area contributed by atoms with Crippen molar-refractivity contribution in [2.75, 3.05) is 39.3 Å². The third kappa shape index (κ3) is 7.47. The first-order valence-corrected chi connectivity index (χ1v) is 14.8. The van der Waals surface area contributed by atoms with Gasteiger partial charge in [0.05, 0.1) is 13.1 Å². The summed E-state index contributed by atoms with van der Waals surface area (Å²) in [5.41, 5.74) is 4.05. The van der Waals surface area contributed by atoms with Gasteiger partial charge in [0.1, 0.15) is 5.76 Å². The molecule has 0 spiro atoms. The largest absolute Gasteiger partial charge is 0.454 e. The third-order valence-corrected chi connectivity index (χ3v) is 7.69. The summed E-state index contributed by atoms with van der Waals surface area (Å²) in [4.78, 5) is 32.6. The van der Waals surface area contributed by atoms with Gasteiger partial charge in [0.2, 0.25) is 0 Å². The Hall–Kier alpha value is -4.36. The van der Waals surface area contributed by atoms with E-state index in [1.54, 1.807) is 6.07 Å². The molecule has 0 atom stereocenters. The molecule has 0 radical (unpaired) electrons. The van der Waals surface area contributed by atoms with Gasteiger partial charge in [-0.2, -0.15) is 0 Å². The molecule has 2 aromatic carbocycles. The average Bonchev–Trinajstić information content (AvgIpc) is 3.67. The number of hydrogen-bond acceptors (Lipinski definition) is 4. The average molecular weight is 565 g/mol. The first-order chi connectivity index (χ1) is 20.5. The van der Waals surface area contributed by atoms with Gasteiger partial charge in [-0.15, -0.1) is 0 Å². The standard InChI is InChI=1S/C35H40N4O3/c1-3-19-39(34(40)30-15-13-28(2)14-16-30)26-31-12-8-21-38(31)27-32-17-18-33(42-32)35(41)37-24-22-36(23-25-37)20-7-11-29-9-5-4-6-10-29/h4-18,21H,3,19-20,22-27H2,1-2H3. The van der Waals surface area contributed by atoms with E-state index in [1.165, 1.54) is 5.56 Å². The number of furan rings is 1. The van der Waals surface area contributed by atoms with Crippen LogP contribution in [0, 0.1) is 6.92 Å². The van der Waals surface area contributed by atoms with Crippen LogP contribution in [0.15, 0.2) is 95.6 Å². The lowest BCUT2D eigenvalue weighted by atomic mass is 10.1. The Labute approximate surface area is 248 Å². The lowest BCUT2D eigenvalue weighted by Crippen LogP contribution is -2.48. The van der Waals surface area contributed by atoms with Crippen LogP contribution in [0.4, 0.5) is 0 Å². The summed E-state index contributed by atoms with van der Waals surface area (Å²) in [7, 11) is 0. The molecular weight excluding hydrogens is 524 g/mol. The molecule has 5 rings (SSSR count). The normalized spacial score (nSPS) is 14.0. The highest BCUT2D eigenvalue weighted by atomic mass is 16.4. The molecule has 7 nitrogen and oxygen atoms in total. The number of aryl methyl sites for hydroxylation is 1. The number of nitrogens with zero attached hydrogens (tertiary/aromatic N) is 4. The van der Waals surface area contributed by atoms with Crippen molar-refractivity contribution in [2.45, 2.75) is 33.4 Å². The summed E-state index contributed by atoms with van der Waals surface area (Å²) in [6.45, 7) is 9.67. The van der Waals surface area contributed by atoms with E-state index in [-0.39, 0.29) is 11.8 Å². The summed E-state index contributed by atoms with van der Waals surface area (Å²) >= 11 is 0. The zero-order chi connectivity index (χ0) is 29.3. The fourth-order valence-corrected chi connectivity index (χ4v) is 5.28. The van der Waals surface area contributed by atoms with Crippen molar-refractivity contribution in [1.82, 2.24) is 19.3 Å². The molecule has 42 heavy (non-hydrogen) atoms. The Morgan fingerprint density at radius 1 is 0.905 bits per heavy atom. The van der Waals surface area contributed by atoms with Crippen molar-refractivity contribution in [2.24, 2.45) is 0 Å². The van der Waals surface area contributed by atoms with Crippen LogP contribution >= 0.6 is 0 Å². The fraction of sp³-hybridized carbons (Fsp3) is 0.314. The fourth-order valence-electron chi connectivity index (χ4n) is 5.28. The third-order valence-electron chi connectivity index (χ3n) is 7.69. The maximum absolute atomic E-state index is 13.3. The molecular formula is C35H40N4O3. The maximum atomic E-state index is 13.3. The molecule has 1 aliphatic rings. The van der Waals surface area contributed by atoms with E-state index in [1.807, 2.05) is 83.6 Å². The number of benzene rings is 2. The molecule has 3 heterocycles. The molecule has 2 amide bonds. The maximum Gasteiger partial charge on any atom is 0.289 e. The highest BCUT2D eigenvalue weighted by molar-refractivity contribution is 5.94. The highest BCUT2D eigenvalue weighted by Crippen LogP contribution is 2.18. The molecule has 2 aromatic heterocycles. The van der Waals surface area contributed by atoms with Gasteiger partial charge < -0.3 is 18.8 Å². The molecule has 1 saturated heterocycles. The zero-order valence-electron chi connectivity index (χ0n) is 24.6. The highest BCUT2D eigenvalue weighted by Gasteiger charge is 2.24. The predicted octanol–water partition coefficient (Wildman–Crippen LogP) is 5.96. The lowest BCUT2D eigenvalue weighted by molar-refractivity contribution is 0.0616. The molecule has 0 N–H and O–H groups in total. The second-order valence-electron chi connectivity index (χ2n) is 10.9. The van der Waals surface area contributed by atoms with E-state index in [9.17, 15) is 9.59 Å². The van der Waals surface area contributed by atoms with Gasteiger partial charge in [-0.05, 0) is 55.3 Å². The molecule has 1 aliphatic heterocycles. The molecule has 0 bridgehead atoms. The first kappa shape index (κ1) is 29.1. The number of carbonyl (C=O) groups is 2. The number of hydrogen-bond donors (Lipinski definition) is 0. The van der Waals surface area contributed by atoms with Gasteiger partial charge in [-0.3, -0.25) is 14.5 Å². The van der Waals surface area contributed by atoms with Crippen LogP contribution in [0.5, 0.6) is 0 Å². The number of carbonyl (C=O) groups excluding carboxylic acids is 2. The van der Waals surface area contributed by atoms with Gasteiger partial charge >= 0.3 is 0 Å². The molecule has 1 fully saturated rings. The summed E-state index contributed by atoms with van der Waals surface area (Å²) in [5.74, 6) is 1.06. The molecule has 7 heteroatoms. The number of aromatic nitrogens is 1. The second kappa shape index (κ2) is 14.0. The first-order valence-electron chi connectivity index (χ1n) is 14.8. The summed E-state index contributed by atoms with van der Waals surface area (Å²) in [6, 6.07) is 25.7. The predicted molar refractivity (Wildman–Crippen MR) is 166 cm³/mol. The van der Waals surface area contributed by atoms with Crippen molar-refractivity contribution in [3.05, 3.63) is 125 Å². The van der Waals surface area contributed by atoms with Crippen LogP contribution in [0.1, 0.15) is 56.8 Å². The minimum absolute atomic E-state index is 0.0304. The van der Waals surface area contributed by atoms with Gasteiger partial charge in [0.25, 0.3) is 11.8 Å². The van der Waals surface area contributed by atoms with E-state index >= 15 is 0 Å². The monoisotopic (exact) mass is 564 g/mol. The number of amides is 2. The van der Waals surface area contributed by atoms with E-state index in [2.05, 4.69) is 40.7 Å². The van der Waals surface area contributed by atoms with Gasteiger partial charge in [0, 0.05) is 56.7 Å². The van der Waals surface area contributed by atoms with Crippen molar-refractivity contribution in [1.29, 1.82) is 0 Å². The van der Waals surface area contributed by atoms with Gasteiger partial charge in [0.15, 0.2) is 5.76 Å². The molecule has 0 aliphatic carbocycles. The smallest absolute Gasteiger partial charge is 0.289 e. The van der Waals surface area contributed by atoms with Crippen molar-refractivity contribution in [3.8, 4) is 0 Å². The van der Waals surface area contributed by atoms with Crippen molar-refractivity contribution < 1.29 is 14.0 Å². The molecule has 218 valence electrons. The Balaban J connectivity index is 1.15. The van der Waals surface area contributed by atoms with Crippen molar-refractivity contribution >= 4 is 17.9 Å². The van der Waals surface area contributed by atoms with Crippen molar-refractivity contribution in [3.63, 3.8) is 0 Å². The Bertz CT molecular complexity index is 1480. The minimum Gasteiger partial charge on any atom is -0.454 e. The Morgan fingerprint density at radius 2 is 1.67 bits per heavy atom. The van der Waals surface area contributed by atoms with Crippen LogP contribution in [0.2, 0.25) is 0 Å². The Kier molecular flexibility index (Phi) is 9.72. The summed E-state index contributed by atoms with van der Waals surface area (Å²) < 4.78 is 8.11. The van der Waals surface area contributed by atoms with Crippen LogP contribution in [0.3, 0.4) is 0 Å². The Morgan fingerprint density at radius 3 is 2.40 bits per heavy atom. The second-order valence-corrected chi connectivity index (χ2v) is 10.9. The van der Waals surface area contributed by atoms with E-state index < -0.39 is 0 Å². The zero-order valence-corrected chi connectivity index (χ0v) is 24.6. The minimum atomic E-state index is -0.0636. The number of rotatable bonds is 11. The van der Waals surface area contributed by atoms with Crippen LogP contribution < -0.4 is 0 Å². The quantitative estimate of drug-likeness (QED) is 0.226. The van der Waals surface area contributed by atoms with Crippen LogP contribution in [0.25, 0.3) is 6.08 Å². The van der Waals surface area contributed by atoms with Gasteiger partial charge in [-0.1, -0.05) is 67.1 Å². The van der Waals surface area contributed by atoms with E-state index in [4.69, 9.17) is 4.42 Å². The topological polar surface area (TPSA) is 61.9 Å². The SMILES string of the molecule is CCCN(Cc1cccn1Cc1ccc(C(=O)N2CCN(CC=Cc3ccccc3)CC2)o1)C(=O)c1ccc(C)cc1. The van der Waals surface area contributed by atoms with Crippen LogP contribution in [-0.4, -0.2) is 70.3 Å². The number of piperazine rings is 1. The van der Waals surface area contributed by atoms with E-state index in [0.29, 0.717) is 49.8 Å². The summed E-state index contributed by atoms with van der Waals surface area (Å²) in [6.07, 6.45) is 7.19. The summed E-state index contributed by atoms with van der Waals surface area (Å²) in [5, 5.41) is 0. The lowest BCUT2D eigenvalue weighted by Gasteiger charge is -2.33.